The van der Waals surface area contributed by atoms with E-state index in [9.17, 15) is 4.79 Å². The van der Waals surface area contributed by atoms with E-state index in [4.69, 9.17) is 16.3 Å². The van der Waals surface area contributed by atoms with Gasteiger partial charge in [0.15, 0.2) is 0 Å². The Morgan fingerprint density at radius 2 is 2.11 bits per heavy atom. The average Bonchev–Trinajstić information content (AvgIpc) is 2.37. The van der Waals surface area contributed by atoms with Gasteiger partial charge in [0.25, 0.3) is 0 Å². The molecule has 0 aliphatic rings. The predicted octanol–water partition coefficient (Wildman–Crippen LogP) is 2.77. The minimum atomic E-state index is -0.0524. The molecule has 100 valence electrons. The third kappa shape index (κ3) is 4.57. The van der Waals surface area contributed by atoms with Crippen molar-refractivity contribution in [2.45, 2.75) is 20.3 Å². The minimum absolute atomic E-state index is 0.0361. The van der Waals surface area contributed by atoms with Crippen LogP contribution in [-0.4, -0.2) is 36.9 Å². The minimum Gasteiger partial charge on any atom is -0.493 e. The van der Waals surface area contributed by atoms with E-state index >= 15 is 0 Å². The zero-order chi connectivity index (χ0) is 13.5. The summed E-state index contributed by atoms with van der Waals surface area (Å²) in [6.45, 7) is 5.33. The van der Waals surface area contributed by atoms with Crippen molar-refractivity contribution in [1.82, 2.24) is 4.90 Å². The molecule has 0 spiro atoms. The third-order valence-electron chi connectivity index (χ3n) is 2.78. The molecule has 0 aliphatic heterocycles. The number of aryl methyl sites for hydroxylation is 2. The second kappa shape index (κ2) is 7.27. The molecule has 1 amide bonds. The summed E-state index contributed by atoms with van der Waals surface area (Å²) in [6, 6.07) is 6.14. The van der Waals surface area contributed by atoms with Crippen LogP contribution >= 0.6 is 11.6 Å². The van der Waals surface area contributed by atoms with Gasteiger partial charge >= 0.3 is 0 Å². The fourth-order valence-electron chi connectivity index (χ4n) is 1.57. The van der Waals surface area contributed by atoms with Gasteiger partial charge in [0.1, 0.15) is 11.6 Å². The second-order valence-corrected chi connectivity index (χ2v) is 4.69. The predicted molar refractivity (Wildman–Crippen MR) is 74.4 cm³/mol. The highest BCUT2D eigenvalue weighted by Gasteiger charge is 2.06. The normalized spacial score (nSPS) is 10.2. The van der Waals surface area contributed by atoms with Crippen molar-refractivity contribution in [3.8, 4) is 5.75 Å². The number of hydrogen-bond acceptors (Lipinski definition) is 2. The Kier molecular flexibility index (Phi) is 5.99. The zero-order valence-electron chi connectivity index (χ0n) is 11.2. The van der Waals surface area contributed by atoms with E-state index in [1.807, 2.05) is 26.0 Å². The fourth-order valence-corrected chi connectivity index (χ4v) is 1.78. The fraction of sp³-hybridized carbons (Fsp3) is 0.500. The molecule has 0 bridgehead atoms. The maximum Gasteiger partial charge on any atom is 0.237 e. The SMILES string of the molecule is Cc1ccc(C)c(OCCCN(C)C(=O)CCl)c1. The zero-order valence-corrected chi connectivity index (χ0v) is 12.0. The second-order valence-electron chi connectivity index (χ2n) is 4.42. The lowest BCUT2D eigenvalue weighted by atomic mass is 10.1. The van der Waals surface area contributed by atoms with Gasteiger partial charge in [-0.2, -0.15) is 0 Å². The summed E-state index contributed by atoms with van der Waals surface area (Å²) in [6.07, 6.45) is 0.798. The standard InChI is InChI=1S/C14H20ClNO2/c1-11-5-6-12(2)13(9-11)18-8-4-7-16(3)14(17)10-15/h5-6,9H,4,7-8,10H2,1-3H3. The van der Waals surface area contributed by atoms with Gasteiger partial charge in [-0.15, -0.1) is 11.6 Å². The van der Waals surface area contributed by atoms with Crippen molar-refractivity contribution in [3.05, 3.63) is 29.3 Å². The molecule has 4 heteroatoms. The van der Waals surface area contributed by atoms with Crippen molar-refractivity contribution in [3.63, 3.8) is 0 Å². The van der Waals surface area contributed by atoms with E-state index in [0.29, 0.717) is 13.2 Å². The number of rotatable bonds is 6. The molecule has 0 unspecified atom stereocenters. The molecule has 0 heterocycles. The number of alkyl halides is 1. The van der Waals surface area contributed by atoms with Gasteiger partial charge in [0, 0.05) is 13.6 Å². The Bertz CT molecular complexity index is 407. The number of carbonyl (C=O) groups is 1. The maximum absolute atomic E-state index is 11.2. The topological polar surface area (TPSA) is 29.5 Å². The van der Waals surface area contributed by atoms with E-state index in [0.717, 1.165) is 17.7 Å². The molecule has 0 saturated heterocycles. The van der Waals surface area contributed by atoms with Gasteiger partial charge in [-0.1, -0.05) is 12.1 Å². The molecule has 0 atom stereocenters. The van der Waals surface area contributed by atoms with E-state index in [1.165, 1.54) is 5.56 Å². The molecule has 1 rings (SSSR count). The first-order valence-corrected chi connectivity index (χ1v) is 6.58. The highest BCUT2D eigenvalue weighted by atomic mass is 35.5. The van der Waals surface area contributed by atoms with Crippen molar-refractivity contribution in [2.75, 3.05) is 26.1 Å². The Balaban J connectivity index is 2.34. The molecule has 3 nitrogen and oxygen atoms in total. The molecule has 0 aliphatic carbocycles. The lowest BCUT2D eigenvalue weighted by molar-refractivity contribution is -0.127. The number of ether oxygens (including phenoxy) is 1. The summed E-state index contributed by atoms with van der Waals surface area (Å²) >= 11 is 5.47. The van der Waals surface area contributed by atoms with E-state index in [-0.39, 0.29) is 11.8 Å². The van der Waals surface area contributed by atoms with Crippen molar-refractivity contribution in [1.29, 1.82) is 0 Å². The summed E-state index contributed by atoms with van der Waals surface area (Å²) < 4.78 is 5.71. The van der Waals surface area contributed by atoms with Crippen LogP contribution in [0.15, 0.2) is 18.2 Å². The van der Waals surface area contributed by atoms with Gasteiger partial charge in [-0.3, -0.25) is 4.79 Å². The van der Waals surface area contributed by atoms with E-state index in [2.05, 4.69) is 6.07 Å². The summed E-state index contributed by atoms with van der Waals surface area (Å²) in [5.41, 5.74) is 2.32. The Labute approximate surface area is 114 Å². The first kappa shape index (κ1) is 14.8. The van der Waals surface area contributed by atoms with Gasteiger partial charge in [0.05, 0.1) is 6.61 Å². The summed E-state index contributed by atoms with van der Waals surface area (Å²) in [4.78, 5) is 12.9. The molecular formula is C14H20ClNO2. The molecule has 1 aromatic rings. The van der Waals surface area contributed by atoms with Gasteiger partial charge < -0.3 is 9.64 Å². The summed E-state index contributed by atoms with van der Waals surface area (Å²) in [7, 11) is 1.75. The van der Waals surface area contributed by atoms with Crippen molar-refractivity contribution in [2.24, 2.45) is 0 Å². The van der Waals surface area contributed by atoms with E-state index < -0.39 is 0 Å². The molecule has 0 radical (unpaired) electrons. The van der Waals surface area contributed by atoms with Crippen LogP contribution in [0.1, 0.15) is 17.5 Å². The monoisotopic (exact) mass is 269 g/mol. The molecule has 0 aromatic heterocycles. The smallest absolute Gasteiger partial charge is 0.237 e. The van der Waals surface area contributed by atoms with Crippen LogP contribution < -0.4 is 4.74 Å². The highest BCUT2D eigenvalue weighted by molar-refractivity contribution is 6.27. The summed E-state index contributed by atoms with van der Waals surface area (Å²) in [5.74, 6) is 0.902. The number of halogens is 1. The average molecular weight is 270 g/mol. The Morgan fingerprint density at radius 1 is 1.39 bits per heavy atom. The first-order chi connectivity index (χ1) is 8.54. The first-order valence-electron chi connectivity index (χ1n) is 6.04. The maximum atomic E-state index is 11.2. The largest absolute Gasteiger partial charge is 0.493 e. The van der Waals surface area contributed by atoms with Crippen LogP contribution in [-0.2, 0) is 4.79 Å². The van der Waals surface area contributed by atoms with Crippen LogP contribution in [0, 0.1) is 13.8 Å². The van der Waals surface area contributed by atoms with Crippen LogP contribution in [0.4, 0.5) is 0 Å². The molecule has 1 aromatic carbocycles. The Morgan fingerprint density at radius 3 is 2.78 bits per heavy atom. The molecule has 0 fully saturated rings. The van der Waals surface area contributed by atoms with Crippen LogP contribution in [0.3, 0.4) is 0 Å². The van der Waals surface area contributed by atoms with Crippen LogP contribution in [0.2, 0.25) is 0 Å². The van der Waals surface area contributed by atoms with Crippen molar-refractivity contribution >= 4 is 17.5 Å². The van der Waals surface area contributed by atoms with Gasteiger partial charge in [-0.05, 0) is 37.5 Å². The molecule has 0 saturated carbocycles. The lowest BCUT2D eigenvalue weighted by Crippen LogP contribution is -2.29. The number of amides is 1. The molecule has 0 N–H and O–H groups in total. The molecule has 18 heavy (non-hydrogen) atoms. The van der Waals surface area contributed by atoms with Gasteiger partial charge in [-0.25, -0.2) is 0 Å². The number of nitrogens with zero attached hydrogens (tertiary/aromatic N) is 1. The number of hydrogen-bond donors (Lipinski definition) is 0. The lowest BCUT2D eigenvalue weighted by Gasteiger charge is -2.16. The Hall–Kier alpha value is -1.22. The van der Waals surface area contributed by atoms with Crippen LogP contribution in [0.5, 0.6) is 5.75 Å². The number of carbonyl (C=O) groups excluding carboxylic acids is 1. The number of benzene rings is 1. The third-order valence-corrected chi connectivity index (χ3v) is 3.01. The quantitative estimate of drug-likeness (QED) is 0.587. The van der Waals surface area contributed by atoms with Crippen molar-refractivity contribution < 1.29 is 9.53 Å². The summed E-state index contributed by atoms with van der Waals surface area (Å²) in [5, 5.41) is 0. The molecular weight excluding hydrogens is 250 g/mol. The van der Waals surface area contributed by atoms with Gasteiger partial charge in [0.2, 0.25) is 5.91 Å². The highest BCUT2D eigenvalue weighted by Crippen LogP contribution is 2.19. The van der Waals surface area contributed by atoms with Crippen LogP contribution in [0.25, 0.3) is 0 Å². The van der Waals surface area contributed by atoms with E-state index in [1.54, 1.807) is 11.9 Å².